The molecule has 0 saturated heterocycles. The Bertz CT molecular complexity index is 329. The molecular formula is C13H18O2. The van der Waals surface area contributed by atoms with E-state index in [0.29, 0.717) is 6.61 Å². The minimum atomic E-state index is -0.449. The van der Waals surface area contributed by atoms with Crippen molar-refractivity contribution in [3.05, 3.63) is 42.0 Å². The molecule has 2 heteroatoms. The van der Waals surface area contributed by atoms with E-state index in [1.165, 1.54) is 0 Å². The number of aliphatic hydroxyl groups excluding tert-OH is 1. The van der Waals surface area contributed by atoms with Crippen molar-refractivity contribution < 1.29 is 9.84 Å². The van der Waals surface area contributed by atoms with Crippen molar-refractivity contribution in [2.45, 2.75) is 26.4 Å². The zero-order valence-electron chi connectivity index (χ0n) is 9.36. The summed E-state index contributed by atoms with van der Waals surface area (Å²) < 4.78 is 5.54. The molecule has 1 rings (SSSR count). The van der Waals surface area contributed by atoms with Gasteiger partial charge in [0.15, 0.2) is 0 Å². The van der Waals surface area contributed by atoms with E-state index in [2.05, 4.69) is 6.58 Å². The third-order valence-corrected chi connectivity index (χ3v) is 2.14. The zero-order chi connectivity index (χ0) is 11.3. The second-order valence-electron chi connectivity index (χ2n) is 3.80. The zero-order valence-corrected chi connectivity index (χ0v) is 9.36. The molecule has 0 aliphatic heterocycles. The van der Waals surface area contributed by atoms with Gasteiger partial charge in [-0.1, -0.05) is 17.7 Å². The summed E-state index contributed by atoms with van der Waals surface area (Å²) in [5, 5.41) is 9.39. The predicted octanol–water partition coefficient (Wildman–Crippen LogP) is 3.08. The molecule has 0 spiro atoms. The molecule has 1 aromatic rings. The monoisotopic (exact) mass is 206 g/mol. The smallest absolute Gasteiger partial charge is 0.119 e. The standard InChI is InChI=1S/C13H18O2/c1-10(2)7-8-15-13-6-4-5-12(9-13)11(3)14/h4-6,9,11,14H,1,7-8H2,2-3H3. The third kappa shape index (κ3) is 4.17. The van der Waals surface area contributed by atoms with E-state index in [1.54, 1.807) is 6.92 Å². The van der Waals surface area contributed by atoms with E-state index in [4.69, 9.17) is 4.74 Å². The van der Waals surface area contributed by atoms with Crippen LogP contribution < -0.4 is 4.74 Å². The maximum absolute atomic E-state index is 9.39. The van der Waals surface area contributed by atoms with E-state index >= 15 is 0 Å². The SMILES string of the molecule is C=C(C)CCOc1cccc(C(C)O)c1. The van der Waals surface area contributed by atoms with Crippen LogP contribution >= 0.6 is 0 Å². The maximum Gasteiger partial charge on any atom is 0.119 e. The minimum absolute atomic E-state index is 0.449. The summed E-state index contributed by atoms with van der Waals surface area (Å²) >= 11 is 0. The first-order chi connectivity index (χ1) is 7.09. The van der Waals surface area contributed by atoms with Gasteiger partial charge in [0.1, 0.15) is 5.75 Å². The Kier molecular flexibility index (Phi) is 4.37. The Balaban J connectivity index is 2.54. The summed E-state index contributed by atoms with van der Waals surface area (Å²) in [4.78, 5) is 0. The van der Waals surface area contributed by atoms with Gasteiger partial charge in [-0.3, -0.25) is 0 Å². The number of benzene rings is 1. The van der Waals surface area contributed by atoms with Crippen molar-refractivity contribution in [1.29, 1.82) is 0 Å². The Labute approximate surface area is 91.2 Å². The molecule has 0 radical (unpaired) electrons. The first kappa shape index (κ1) is 11.8. The lowest BCUT2D eigenvalue weighted by molar-refractivity contribution is 0.198. The summed E-state index contributed by atoms with van der Waals surface area (Å²) in [6.45, 7) is 8.17. The molecule has 1 unspecified atom stereocenters. The van der Waals surface area contributed by atoms with Crippen LogP contribution in [0.4, 0.5) is 0 Å². The molecule has 1 aromatic carbocycles. The number of hydrogen-bond acceptors (Lipinski definition) is 2. The quantitative estimate of drug-likeness (QED) is 0.750. The molecule has 82 valence electrons. The number of aliphatic hydroxyl groups is 1. The topological polar surface area (TPSA) is 29.5 Å². The van der Waals surface area contributed by atoms with Crippen molar-refractivity contribution in [3.63, 3.8) is 0 Å². The second kappa shape index (κ2) is 5.56. The van der Waals surface area contributed by atoms with Crippen LogP contribution in [0.25, 0.3) is 0 Å². The molecule has 0 fully saturated rings. The average molecular weight is 206 g/mol. The lowest BCUT2D eigenvalue weighted by Gasteiger charge is -2.09. The maximum atomic E-state index is 9.39. The molecular weight excluding hydrogens is 188 g/mol. The van der Waals surface area contributed by atoms with Gasteiger partial charge in [-0.2, -0.15) is 0 Å². The van der Waals surface area contributed by atoms with Crippen LogP contribution in [0.2, 0.25) is 0 Å². The van der Waals surface area contributed by atoms with Crippen LogP contribution in [0, 0.1) is 0 Å². The van der Waals surface area contributed by atoms with Crippen LogP contribution in [0.3, 0.4) is 0 Å². The molecule has 0 aliphatic carbocycles. The Morgan fingerprint density at radius 3 is 2.87 bits per heavy atom. The van der Waals surface area contributed by atoms with Gasteiger partial charge in [-0.05, 0) is 31.5 Å². The molecule has 1 N–H and O–H groups in total. The molecule has 0 aromatic heterocycles. The molecule has 0 aliphatic rings. The highest BCUT2D eigenvalue weighted by molar-refractivity contribution is 5.29. The number of hydrogen-bond donors (Lipinski definition) is 1. The summed E-state index contributed by atoms with van der Waals surface area (Å²) in [6.07, 6.45) is 0.411. The van der Waals surface area contributed by atoms with Crippen molar-refractivity contribution in [2.24, 2.45) is 0 Å². The van der Waals surface area contributed by atoms with Gasteiger partial charge >= 0.3 is 0 Å². The largest absolute Gasteiger partial charge is 0.493 e. The molecule has 0 heterocycles. The number of rotatable bonds is 5. The Hall–Kier alpha value is -1.28. The summed E-state index contributed by atoms with van der Waals surface area (Å²) in [5.41, 5.74) is 1.99. The van der Waals surface area contributed by atoms with Crippen molar-refractivity contribution >= 4 is 0 Å². The van der Waals surface area contributed by atoms with Crippen LogP contribution in [0.15, 0.2) is 36.4 Å². The van der Waals surface area contributed by atoms with Gasteiger partial charge in [0.25, 0.3) is 0 Å². The van der Waals surface area contributed by atoms with E-state index in [-0.39, 0.29) is 0 Å². The highest BCUT2D eigenvalue weighted by atomic mass is 16.5. The summed E-state index contributed by atoms with van der Waals surface area (Å²) in [6, 6.07) is 7.53. The van der Waals surface area contributed by atoms with E-state index < -0.39 is 6.10 Å². The summed E-state index contributed by atoms with van der Waals surface area (Å²) in [7, 11) is 0. The fourth-order valence-corrected chi connectivity index (χ4v) is 1.21. The van der Waals surface area contributed by atoms with Crippen LogP contribution in [-0.4, -0.2) is 11.7 Å². The molecule has 0 amide bonds. The first-order valence-corrected chi connectivity index (χ1v) is 5.15. The van der Waals surface area contributed by atoms with Crippen LogP contribution in [0.5, 0.6) is 5.75 Å². The number of ether oxygens (including phenoxy) is 1. The highest BCUT2D eigenvalue weighted by Crippen LogP contribution is 2.19. The van der Waals surface area contributed by atoms with Gasteiger partial charge in [0, 0.05) is 6.42 Å². The molecule has 15 heavy (non-hydrogen) atoms. The van der Waals surface area contributed by atoms with Gasteiger partial charge in [0.05, 0.1) is 12.7 Å². The fourth-order valence-electron chi connectivity index (χ4n) is 1.21. The van der Waals surface area contributed by atoms with Gasteiger partial charge in [-0.15, -0.1) is 6.58 Å². The van der Waals surface area contributed by atoms with Crippen LogP contribution in [-0.2, 0) is 0 Å². The second-order valence-corrected chi connectivity index (χ2v) is 3.80. The molecule has 1 atom stereocenters. The predicted molar refractivity (Wildman–Crippen MR) is 62.0 cm³/mol. The van der Waals surface area contributed by atoms with Gasteiger partial charge < -0.3 is 9.84 Å². The first-order valence-electron chi connectivity index (χ1n) is 5.15. The van der Waals surface area contributed by atoms with E-state index in [0.717, 1.165) is 23.3 Å². The fraction of sp³-hybridized carbons (Fsp3) is 0.385. The minimum Gasteiger partial charge on any atom is -0.493 e. The third-order valence-electron chi connectivity index (χ3n) is 2.14. The lowest BCUT2D eigenvalue weighted by Crippen LogP contribution is -1.98. The lowest BCUT2D eigenvalue weighted by atomic mass is 10.1. The normalized spacial score (nSPS) is 12.2. The summed E-state index contributed by atoms with van der Waals surface area (Å²) in [5.74, 6) is 0.801. The van der Waals surface area contributed by atoms with Gasteiger partial charge in [0.2, 0.25) is 0 Å². The average Bonchev–Trinajstić information content (AvgIpc) is 2.17. The molecule has 2 nitrogen and oxygen atoms in total. The molecule has 0 bridgehead atoms. The highest BCUT2D eigenvalue weighted by Gasteiger charge is 2.01. The Morgan fingerprint density at radius 2 is 2.27 bits per heavy atom. The van der Waals surface area contributed by atoms with Crippen molar-refractivity contribution in [3.8, 4) is 5.75 Å². The Morgan fingerprint density at radius 1 is 1.53 bits per heavy atom. The van der Waals surface area contributed by atoms with Gasteiger partial charge in [-0.25, -0.2) is 0 Å². The van der Waals surface area contributed by atoms with E-state index in [9.17, 15) is 5.11 Å². The van der Waals surface area contributed by atoms with Crippen molar-refractivity contribution in [2.75, 3.05) is 6.61 Å². The molecule has 0 saturated carbocycles. The van der Waals surface area contributed by atoms with Crippen molar-refractivity contribution in [1.82, 2.24) is 0 Å². The van der Waals surface area contributed by atoms with Crippen LogP contribution in [0.1, 0.15) is 31.9 Å². The van der Waals surface area contributed by atoms with E-state index in [1.807, 2.05) is 31.2 Å².